The highest BCUT2D eigenvalue weighted by atomic mass is 35.5. The Bertz CT molecular complexity index is 413. The monoisotopic (exact) mass is 286 g/mol. The van der Waals surface area contributed by atoms with Crippen LogP contribution in [0.25, 0.3) is 0 Å². The van der Waals surface area contributed by atoms with Gasteiger partial charge in [-0.25, -0.2) is 0 Å². The molecule has 0 saturated carbocycles. The number of nitro benzene ring substituents is 1. The normalized spacial score (nSPS) is 10.6. The van der Waals surface area contributed by atoms with Crippen LogP contribution in [0.1, 0.15) is 25.3 Å². The molecule has 0 bridgehead atoms. The Labute approximate surface area is 118 Å². The van der Waals surface area contributed by atoms with Gasteiger partial charge in [-0.2, -0.15) is 0 Å². The van der Waals surface area contributed by atoms with Crippen molar-refractivity contribution in [3.8, 4) is 0 Å². The lowest BCUT2D eigenvalue weighted by Crippen LogP contribution is -2.17. The Morgan fingerprint density at radius 1 is 1.42 bits per heavy atom. The molecule has 0 aliphatic rings. The van der Waals surface area contributed by atoms with Gasteiger partial charge in [0.05, 0.1) is 15.5 Å². The SMILES string of the molecule is CCCOCCCNCc1c(Cl)cccc1[N+](=O)[O-]. The van der Waals surface area contributed by atoms with Crippen LogP contribution in [0.15, 0.2) is 18.2 Å². The van der Waals surface area contributed by atoms with E-state index in [-0.39, 0.29) is 5.69 Å². The summed E-state index contributed by atoms with van der Waals surface area (Å²) in [7, 11) is 0. The zero-order valence-electron chi connectivity index (χ0n) is 11.0. The van der Waals surface area contributed by atoms with Crippen molar-refractivity contribution in [2.75, 3.05) is 19.8 Å². The van der Waals surface area contributed by atoms with E-state index < -0.39 is 4.92 Å². The van der Waals surface area contributed by atoms with Crippen LogP contribution in [-0.4, -0.2) is 24.7 Å². The van der Waals surface area contributed by atoms with Gasteiger partial charge >= 0.3 is 0 Å². The molecule has 1 aromatic rings. The van der Waals surface area contributed by atoms with Gasteiger partial charge in [0.1, 0.15) is 0 Å². The van der Waals surface area contributed by atoms with Gasteiger partial charge in [0.15, 0.2) is 0 Å². The molecule has 19 heavy (non-hydrogen) atoms. The molecule has 0 aromatic heterocycles. The summed E-state index contributed by atoms with van der Waals surface area (Å²) in [6, 6.07) is 4.71. The first kappa shape index (κ1) is 15.9. The van der Waals surface area contributed by atoms with Crippen molar-refractivity contribution in [1.29, 1.82) is 0 Å². The highest BCUT2D eigenvalue weighted by Gasteiger charge is 2.15. The molecule has 1 rings (SSSR count). The zero-order chi connectivity index (χ0) is 14.1. The fourth-order valence-corrected chi connectivity index (χ4v) is 1.89. The highest BCUT2D eigenvalue weighted by Crippen LogP contribution is 2.25. The summed E-state index contributed by atoms with van der Waals surface area (Å²) in [5, 5.41) is 14.4. The molecule has 0 amide bonds. The van der Waals surface area contributed by atoms with Crippen LogP contribution in [0.5, 0.6) is 0 Å². The van der Waals surface area contributed by atoms with E-state index >= 15 is 0 Å². The van der Waals surface area contributed by atoms with Crippen LogP contribution in [0, 0.1) is 10.1 Å². The summed E-state index contributed by atoms with van der Waals surface area (Å²) < 4.78 is 5.35. The number of hydrogen-bond acceptors (Lipinski definition) is 4. The summed E-state index contributed by atoms with van der Waals surface area (Å²) in [5.41, 5.74) is 0.589. The number of halogens is 1. The molecule has 5 nitrogen and oxygen atoms in total. The Morgan fingerprint density at radius 2 is 2.21 bits per heavy atom. The van der Waals surface area contributed by atoms with E-state index in [1.54, 1.807) is 12.1 Å². The molecule has 0 saturated heterocycles. The van der Waals surface area contributed by atoms with Crippen molar-refractivity contribution >= 4 is 17.3 Å². The molecule has 0 unspecified atom stereocenters. The number of nitro groups is 1. The van der Waals surface area contributed by atoms with E-state index in [2.05, 4.69) is 12.2 Å². The van der Waals surface area contributed by atoms with E-state index in [9.17, 15) is 10.1 Å². The number of hydrogen-bond donors (Lipinski definition) is 1. The number of benzene rings is 1. The van der Waals surface area contributed by atoms with Crippen molar-refractivity contribution in [3.63, 3.8) is 0 Å². The molecule has 106 valence electrons. The van der Waals surface area contributed by atoms with Gasteiger partial charge in [0.2, 0.25) is 0 Å². The molecule has 6 heteroatoms. The topological polar surface area (TPSA) is 64.4 Å². The van der Waals surface area contributed by atoms with E-state index in [4.69, 9.17) is 16.3 Å². The van der Waals surface area contributed by atoms with Crippen LogP contribution in [0.2, 0.25) is 5.02 Å². The summed E-state index contributed by atoms with van der Waals surface area (Å²) in [6.45, 7) is 4.67. The van der Waals surface area contributed by atoms with Gasteiger partial charge in [-0.05, 0) is 25.5 Å². The summed E-state index contributed by atoms with van der Waals surface area (Å²) in [5.74, 6) is 0. The first-order valence-electron chi connectivity index (χ1n) is 6.37. The van der Waals surface area contributed by atoms with Gasteiger partial charge in [-0.1, -0.05) is 24.6 Å². The number of nitrogens with zero attached hydrogens (tertiary/aromatic N) is 1. The predicted octanol–water partition coefficient (Wildman–Crippen LogP) is 3.15. The average Bonchev–Trinajstić information content (AvgIpc) is 2.39. The largest absolute Gasteiger partial charge is 0.381 e. The lowest BCUT2D eigenvalue weighted by atomic mass is 10.2. The van der Waals surface area contributed by atoms with Gasteiger partial charge in [-0.15, -0.1) is 0 Å². The van der Waals surface area contributed by atoms with Crippen molar-refractivity contribution in [2.24, 2.45) is 0 Å². The average molecular weight is 287 g/mol. The minimum atomic E-state index is -0.409. The molecule has 0 spiro atoms. The number of ether oxygens (including phenoxy) is 1. The van der Waals surface area contributed by atoms with Crippen molar-refractivity contribution < 1.29 is 9.66 Å². The molecule has 1 aromatic carbocycles. The maximum Gasteiger partial charge on any atom is 0.275 e. The highest BCUT2D eigenvalue weighted by molar-refractivity contribution is 6.31. The van der Waals surface area contributed by atoms with Crippen LogP contribution in [0.3, 0.4) is 0 Å². The van der Waals surface area contributed by atoms with Crippen LogP contribution >= 0.6 is 11.6 Å². The molecule has 0 aliphatic heterocycles. The summed E-state index contributed by atoms with van der Waals surface area (Å²) in [4.78, 5) is 10.5. The lowest BCUT2D eigenvalue weighted by Gasteiger charge is -2.07. The molecule has 0 heterocycles. The van der Waals surface area contributed by atoms with Crippen LogP contribution in [0.4, 0.5) is 5.69 Å². The van der Waals surface area contributed by atoms with Crippen LogP contribution in [-0.2, 0) is 11.3 Å². The molecule has 0 fully saturated rings. The Morgan fingerprint density at radius 3 is 2.89 bits per heavy atom. The Balaban J connectivity index is 2.38. The Kier molecular flexibility index (Phi) is 7.40. The number of rotatable bonds is 9. The van der Waals surface area contributed by atoms with Crippen molar-refractivity contribution in [1.82, 2.24) is 5.32 Å². The summed E-state index contributed by atoms with van der Waals surface area (Å²) >= 11 is 5.99. The fraction of sp³-hybridized carbons (Fsp3) is 0.538. The molecule has 0 radical (unpaired) electrons. The van der Waals surface area contributed by atoms with E-state index in [1.165, 1.54) is 6.07 Å². The molecule has 0 aliphatic carbocycles. The lowest BCUT2D eigenvalue weighted by molar-refractivity contribution is -0.385. The zero-order valence-corrected chi connectivity index (χ0v) is 11.8. The summed E-state index contributed by atoms with van der Waals surface area (Å²) in [6.07, 6.45) is 1.89. The quantitative estimate of drug-likeness (QED) is 0.430. The Hall–Kier alpha value is -1.17. The molecule has 0 atom stereocenters. The molecular formula is C13H19ClN2O3. The van der Waals surface area contributed by atoms with Gasteiger partial charge < -0.3 is 10.1 Å². The van der Waals surface area contributed by atoms with E-state index in [1.807, 2.05) is 0 Å². The molecular weight excluding hydrogens is 268 g/mol. The van der Waals surface area contributed by atoms with Crippen molar-refractivity contribution in [2.45, 2.75) is 26.3 Å². The number of nitrogens with one attached hydrogen (secondary N) is 1. The molecule has 1 N–H and O–H groups in total. The predicted molar refractivity (Wildman–Crippen MR) is 75.5 cm³/mol. The fourth-order valence-electron chi connectivity index (χ4n) is 1.65. The first-order chi connectivity index (χ1) is 9.16. The van der Waals surface area contributed by atoms with E-state index in [0.29, 0.717) is 23.7 Å². The second-order valence-electron chi connectivity index (χ2n) is 4.14. The van der Waals surface area contributed by atoms with Crippen LogP contribution < -0.4 is 5.32 Å². The second kappa shape index (κ2) is 8.85. The maximum atomic E-state index is 10.9. The maximum absolute atomic E-state index is 10.9. The smallest absolute Gasteiger partial charge is 0.275 e. The third-order valence-corrected chi connectivity index (χ3v) is 2.94. The van der Waals surface area contributed by atoms with Gasteiger partial charge in [0, 0.05) is 25.8 Å². The van der Waals surface area contributed by atoms with E-state index in [0.717, 1.165) is 26.0 Å². The van der Waals surface area contributed by atoms with Gasteiger partial charge in [-0.3, -0.25) is 10.1 Å². The third-order valence-electron chi connectivity index (χ3n) is 2.58. The first-order valence-corrected chi connectivity index (χ1v) is 6.74. The minimum absolute atomic E-state index is 0.0576. The van der Waals surface area contributed by atoms with Crippen molar-refractivity contribution in [3.05, 3.63) is 38.9 Å². The van der Waals surface area contributed by atoms with Gasteiger partial charge in [0.25, 0.3) is 5.69 Å². The third kappa shape index (κ3) is 5.55. The second-order valence-corrected chi connectivity index (χ2v) is 4.54. The standard InChI is InChI=1S/C13H19ClN2O3/c1-2-8-19-9-4-7-15-10-11-12(14)5-3-6-13(11)16(17)18/h3,5-6,15H,2,4,7-10H2,1H3. The minimum Gasteiger partial charge on any atom is -0.381 e.